The summed E-state index contributed by atoms with van der Waals surface area (Å²) in [6.07, 6.45) is 0. The third-order valence-corrected chi connectivity index (χ3v) is 3.71. The van der Waals surface area contributed by atoms with E-state index in [1.54, 1.807) is 26.0 Å². The van der Waals surface area contributed by atoms with Gasteiger partial charge < -0.3 is 14.5 Å². The second-order valence-electron chi connectivity index (χ2n) is 5.85. The largest absolute Gasteiger partial charge is 0.483 e. The molecule has 1 N–H and O–H groups in total. The molecule has 0 aliphatic heterocycles. The van der Waals surface area contributed by atoms with E-state index in [2.05, 4.69) is 5.32 Å². The Balaban J connectivity index is 1.81. The van der Waals surface area contributed by atoms with Crippen LogP contribution in [0.4, 0.5) is 14.5 Å². The van der Waals surface area contributed by atoms with Crippen LogP contribution in [0, 0.1) is 25.5 Å². The van der Waals surface area contributed by atoms with Crippen LogP contribution in [-0.4, -0.2) is 12.5 Å². The highest BCUT2D eigenvalue weighted by atomic mass is 19.1. The van der Waals surface area contributed by atoms with Crippen molar-refractivity contribution in [2.45, 2.75) is 13.8 Å². The molecule has 26 heavy (non-hydrogen) atoms. The first-order valence-electron chi connectivity index (χ1n) is 7.76. The number of amides is 1. The molecule has 0 fully saturated rings. The van der Waals surface area contributed by atoms with E-state index < -0.39 is 29.8 Å². The average Bonchev–Trinajstić information content (AvgIpc) is 2.54. The molecule has 0 radical (unpaired) electrons. The molecule has 1 heterocycles. The molecule has 0 unspecified atom stereocenters. The summed E-state index contributed by atoms with van der Waals surface area (Å²) in [6, 6.07) is 7.59. The SMILES string of the molecule is Cc1cc(OCC(=O)Nc2ccc(F)cc2F)c2c(C)cc(=O)oc2c1. The molecule has 134 valence electrons. The maximum absolute atomic E-state index is 13.6. The first kappa shape index (κ1) is 17.6. The summed E-state index contributed by atoms with van der Waals surface area (Å²) in [7, 11) is 0. The molecule has 2 aromatic carbocycles. The Kier molecular flexibility index (Phi) is 4.71. The molecule has 0 saturated carbocycles. The van der Waals surface area contributed by atoms with Crippen molar-refractivity contribution >= 4 is 22.6 Å². The Morgan fingerprint density at radius 3 is 2.65 bits per heavy atom. The summed E-state index contributed by atoms with van der Waals surface area (Å²) in [5, 5.41) is 2.89. The normalized spacial score (nSPS) is 10.8. The Morgan fingerprint density at radius 1 is 1.15 bits per heavy atom. The summed E-state index contributed by atoms with van der Waals surface area (Å²) in [6.45, 7) is 3.13. The van der Waals surface area contributed by atoms with E-state index in [0.29, 0.717) is 28.3 Å². The average molecular weight is 359 g/mol. The quantitative estimate of drug-likeness (QED) is 0.721. The lowest BCUT2D eigenvalue weighted by Crippen LogP contribution is -2.21. The van der Waals surface area contributed by atoms with Crippen molar-refractivity contribution in [2.24, 2.45) is 0 Å². The summed E-state index contributed by atoms with van der Waals surface area (Å²) in [5.41, 5.74) is 1.17. The van der Waals surface area contributed by atoms with Crippen LogP contribution >= 0.6 is 0 Å². The van der Waals surface area contributed by atoms with Gasteiger partial charge in [-0.1, -0.05) is 0 Å². The molecule has 1 aromatic heterocycles. The summed E-state index contributed by atoms with van der Waals surface area (Å²) >= 11 is 0. The van der Waals surface area contributed by atoms with Crippen LogP contribution < -0.4 is 15.7 Å². The molecule has 0 atom stereocenters. The van der Waals surface area contributed by atoms with Crippen molar-refractivity contribution in [1.82, 2.24) is 0 Å². The fourth-order valence-electron chi connectivity index (χ4n) is 2.61. The van der Waals surface area contributed by atoms with E-state index in [9.17, 15) is 18.4 Å². The van der Waals surface area contributed by atoms with Crippen LogP contribution in [-0.2, 0) is 4.79 Å². The van der Waals surface area contributed by atoms with Gasteiger partial charge in [0.15, 0.2) is 6.61 Å². The van der Waals surface area contributed by atoms with Gasteiger partial charge in [-0.3, -0.25) is 4.79 Å². The minimum absolute atomic E-state index is 0.142. The standard InChI is InChI=1S/C19H15F2NO4/c1-10-5-15(19-11(2)7-18(24)26-16(19)6-10)25-9-17(23)22-14-4-3-12(20)8-13(14)21/h3-8H,9H2,1-2H3,(H,22,23). The van der Waals surface area contributed by atoms with Gasteiger partial charge in [0, 0.05) is 12.1 Å². The molecule has 7 heteroatoms. The predicted octanol–water partition coefficient (Wildman–Crippen LogP) is 3.71. The van der Waals surface area contributed by atoms with Gasteiger partial charge in [-0.25, -0.2) is 13.6 Å². The van der Waals surface area contributed by atoms with Crippen LogP contribution in [0.3, 0.4) is 0 Å². The molecule has 0 bridgehead atoms. The van der Waals surface area contributed by atoms with Gasteiger partial charge in [-0.05, 0) is 49.2 Å². The maximum Gasteiger partial charge on any atom is 0.336 e. The van der Waals surface area contributed by atoms with E-state index >= 15 is 0 Å². The fraction of sp³-hybridized carbons (Fsp3) is 0.158. The Bertz CT molecular complexity index is 1060. The van der Waals surface area contributed by atoms with Crippen molar-refractivity contribution in [3.8, 4) is 5.75 Å². The molecular weight excluding hydrogens is 344 g/mol. The predicted molar refractivity (Wildman–Crippen MR) is 92.4 cm³/mol. The zero-order valence-electron chi connectivity index (χ0n) is 14.1. The monoisotopic (exact) mass is 359 g/mol. The Labute approximate surface area is 147 Å². The fourth-order valence-corrected chi connectivity index (χ4v) is 2.61. The van der Waals surface area contributed by atoms with E-state index in [4.69, 9.17) is 9.15 Å². The highest BCUT2D eigenvalue weighted by molar-refractivity contribution is 5.93. The second-order valence-corrected chi connectivity index (χ2v) is 5.85. The van der Waals surface area contributed by atoms with Crippen LogP contribution in [0.15, 0.2) is 45.6 Å². The van der Waals surface area contributed by atoms with Crippen LogP contribution in [0.25, 0.3) is 11.0 Å². The molecule has 3 rings (SSSR count). The number of benzene rings is 2. The molecule has 3 aromatic rings. The molecular formula is C19H15F2NO4. The Morgan fingerprint density at radius 2 is 1.92 bits per heavy atom. The highest BCUT2D eigenvalue weighted by Gasteiger charge is 2.13. The van der Waals surface area contributed by atoms with Gasteiger partial charge in [0.25, 0.3) is 5.91 Å². The van der Waals surface area contributed by atoms with Crippen molar-refractivity contribution in [2.75, 3.05) is 11.9 Å². The highest BCUT2D eigenvalue weighted by Crippen LogP contribution is 2.29. The van der Waals surface area contributed by atoms with Gasteiger partial charge >= 0.3 is 5.63 Å². The van der Waals surface area contributed by atoms with Gasteiger partial charge in [-0.2, -0.15) is 0 Å². The number of anilines is 1. The number of fused-ring (bicyclic) bond motifs is 1. The smallest absolute Gasteiger partial charge is 0.336 e. The number of aryl methyl sites for hydroxylation is 2. The van der Waals surface area contributed by atoms with E-state index in [1.165, 1.54) is 6.07 Å². The summed E-state index contributed by atoms with van der Waals surface area (Å²) in [4.78, 5) is 23.5. The second kappa shape index (κ2) is 6.95. The third-order valence-electron chi connectivity index (χ3n) is 3.71. The summed E-state index contributed by atoms with van der Waals surface area (Å²) < 4.78 is 37.2. The van der Waals surface area contributed by atoms with Gasteiger partial charge in [0.05, 0.1) is 11.1 Å². The van der Waals surface area contributed by atoms with Crippen molar-refractivity contribution < 1.29 is 22.7 Å². The number of carbonyl (C=O) groups is 1. The van der Waals surface area contributed by atoms with E-state index in [-0.39, 0.29) is 5.69 Å². The lowest BCUT2D eigenvalue weighted by Gasteiger charge is -2.12. The zero-order chi connectivity index (χ0) is 18.8. The molecule has 0 aliphatic rings. The van der Waals surface area contributed by atoms with Crippen LogP contribution in [0.1, 0.15) is 11.1 Å². The number of rotatable bonds is 4. The van der Waals surface area contributed by atoms with Crippen molar-refractivity contribution in [3.63, 3.8) is 0 Å². The van der Waals surface area contributed by atoms with Crippen LogP contribution in [0.2, 0.25) is 0 Å². The van der Waals surface area contributed by atoms with Gasteiger partial charge in [0.2, 0.25) is 0 Å². The number of nitrogens with one attached hydrogen (secondary N) is 1. The molecule has 0 spiro atoms. The number of hydrogen-bond donors (Lipinski definition) is 1. The van der Waals surface area contributed by atoms with E-state index in [0.717, 1.165) is 17.7 Å². The first-order chi connectivity index (χ1) is 12.3. The summed E-state index contributed by atoms with van der Waals surface area (Å²) in [5.74, 6) is -1.85. The van der Waals surface area contributed by atoms with Crippen LogP contribution in [0.5, 0.6) is 5.75 Å². The third kappa shape index (κ3) is 3.72. The minimum atomic E-state index is -0.878. The van der Waals surface area contributed by atoms with Gasteiger partial charge in [-0.15, -0.1) is 0 Å². The minimum Gasteiger partial charge on any atom is -0.483 e. The number of carbonyl (C=O) groups excluding carboxylic acids is 1. The molecule has 1 amide bonds. The van der Waals surface area contributed by atoms with E-state index in [1.807, 2.05) is 0 Å². The lowest BCUT2D eigenvalue weighted by molar-refractivity contribution is -0.118. The molecule has 0 aliphatic carbocycles. The number of halogens is 2. The topological polar surface area (TPSA) is 68.5 Å². The molecule has 0 saturated heterocycles. The Hall–Kier alpha value is -3.22. The first-order valence-corrected chi connectivity index (χ1v) is 7.76. The lowest BCUT2D eigenvalue weighted by atomic mass is 10.1. The van der Waals surface area contributed by atoms with Crippen molar-refractivity contribution in [1.29, 1.82) is 0 Å². The van der Waals surface area contributed by atoms with Crippen molar-refractivity contribution in [3.05, 3.63) is 69.6 Å². The molecule has 5 nitrogen and oxygen atoms in total. The zero-order valence-corrected chi connectivity index (χ0v) is 14.1. The number of ether oxygens (including phenoxy) is 1. The number of hydrogen-bond acceptors (Lipinski definition) is 4. The maximum atomic E-state index is 13.6. The van der Waals surface area contributed by atoms with Gasteiger partial charge in [0.1, 0.15) is 23.0 Å².